The van der Waals surface area contributed by atoms with Crippen molar-refractivity contribution in [1.82, 2.24) is 10.6 Å². The smallest absolute Gasteiger partial charge is 0.234 e. The van der Waals surface area contributed by atoms with Crippen molar-refractivity contribution in [3.63, 3.8) is 0 Å². The molecule has 0 radical (unpaired) electrons. The fourth-order valence-corrected chi connectivity index (χ4v) is 3.57. The second kappa shape index (κ2) is 16.7. The Hall–Kier alpha value is -3.97. The Labute approximate surface area is 219 Å². The van der Waals surface area contributed by atoms with Gasteiger partial charge in [0.25, 0.3) is 0 Å². The van der Waals surface area contributed by atoms with Gasteiger partial charge in [-0.2, -0.15) is 0 Å². The molecule has 0 aliphatic rings. The molecule has 3 rings (SSSR count). The number of carbonyl (C=O) groups is 3. The van der Waals surface area contributed by atoms with Crippen molar-refractivity contribution in [1.29, 1.82) is 0 Å². The fourth-order valence-electron chi connectivity index (χ4n) is 3.57. The molecule has 0 fully saturated rings. The van der Waals surface area contributed by atoms with Gasteiger partial charge < -0.3 is 21.7 Å². The average Bonchev–Trinajstić information content (AvgIpc) is 2.91. The summed E-state index contributed by atoms with van der Waals surface area (Å²) in [4.78, 5) is 33.5. The number of nitrogens with two attached hydrogens (primary N) is 1. The molecule has 0 saturated heterocycles. The third-order valence-corrected chi connectivity index (χ3v) is 5.64. The summed E-state index contributed by atoms with van der Waals surface area (Å²) in [6.07, 6.45) is 2.83. The Balaban J connectivity index is 0.000000335. The number of hydrogen-bond acceptors (Lipinski definition) is 4. The Kier molecular flexibility index (Phi) is 13.2. The molecule has 3 amide bonds. The first-order chi connectivity index (χ1) is 17.9. The lowest BCUT2D eigenvalue weighted by Crippen LogP contribution is -2.42. The van der Waals surface area contributed by atoms with Gasteiger partial charge in [-0.05, 0) is 54.6 Å². The first-order valence-electron chi connectivity index (χ1n) is 12.6. The van der Waals surface area contributed by atoms with Crippen molar-refractivity contribution >= 4 is 23.4 Å². The van der Waals surface area contributed by atoms with Crippen LogP contribution in [0, 0.1) is 0 Å². The molecule has 0 bridgehead atoms. The predicted molar refractivity (Wildman–Crippen MR) is 149 cm³/mol. The molecule has 0 saturated carbocycles. The maximum atomic E-state index is 11.6. The van der Waals surface area contributed by atoms with Crippen LogP contribution in [0.4, 0.5) is 5.69 Å². The quantitative estimate of drug-likeness (QED) is 0.300. The molecule has 0 spiro atoms. The molecule has 7 nitrogen and oxygen atoms in total. The second-order valence-electron chi connectivity index (χ2n) is 8.68. The topological polar surface area (TPSA) is 113 Å². The van der Waals surface area contributed by atoms with E-state index in [1.54, 1.807) is 0 Å². The lowest BCUT2D eigenvalue weighted by Gasteiger charge is -2.15. The first-order valence-corrected chi connectivity index (χ1v) is 12.6. The molecule has 196 valence electrons. The lowest BCUT2D eigenvalue weighted by atomic mass is 10.0. The molecule has 5 N–H and O–H groups in total. The summed E-state index contributed by atoms with van der Waals surface area (Å²) < 4.78 is 0. The van der Waals surface area contributed by atoms with E-state index in [4.69, 9.17) is 5.73 Å². The van der Waals surface area contributed by atoms with Gasteiger partial charge in [-0.1, -0.05) is 79.7 Å². The Morgan fingerprint density at radius 1 is 0.784 bits per heavy atom. The molecular formula is C30H38N4O3. The number of benzene rings is 3. The zero-order valence-electron chi connectivity index (χ0n) is 21.7. The summed E-state index contributed by atoms with van der Waals surface area (Å²) in [5, 5.41) is 8.79. The van der Waals surface area contributed by atoms with Crippen molar-refractivity contribution in [3.8, 4) is 0 Å². The number of anilines is 1. The lowest BCUT2D eigenvalue weighted by molar-refractivity contribution is -0.121. The van der Waals surface area contributed by atoms with E-state index in [9.17, 15) is 14.4 Å². The maximum absolute atomic E-state index is 11.6. The third kappa shape index (κ3) is 12.5. The molecule has 37 heavy (non-hydrogen) atoms. The first kappa shape index (κ1) is 29.3. The molecule has 0 unspecified atom stereocenters. The van der Waals surface area contributed by atoms with E-state index in [2.05, 4.69) is 28.1 Å². The fraction of sp³-hybridized carbons (Fsp3) is 0.300. The van der Waals surface area contributed by atoms with Crippen LogP contribution in [0.1, 0.15) is 43.4 Å². The van der Waals surface area contributed by atoms with Crippen LogP contribution in [-0.4, -0.2) is 30.3 Å². The van der Waals surface area contributed by atoms with Crippen LogP contribution in [0.15, 0.2) is 84.9 Å². The summed E-state index contributed by atoms with van der Waals surface area (Å²) >= 11 is 0. The zero-order valence-corrected chi connectivity index (χ0v) is 21.7. The predicted octanol–water partition coefficient (Wildman–Crippen LogP) is 3.98. The van der Waals surface area contributed by atoms with E-state index < -0.39 is 0 Å². The monoisotopic (exact) mass is 502 g/mol. The minimum absolute atomic E-state index is 0.0860. The van der Waals surface area contributed by atoms with Crippen LogP contribution >= 0.6 is 0 Å². The Bertz CT molecular complexity index is 1090. The normalized spacial score (nSPS) is 11.0. The van der Waals surface area contributed by atoms with Gasteiger partial charge >= 0.3 is 0 Å². The highest BCUT2D eigenvalue weighted by Gasteiger charge is 2.14. The zero-order chi connectivity index (χ0) is 26.9. The molecule has 7 heteroatoms. The SMILES string of the molecule is CC(=O)Nc1ccc(CCN[C@H](CCc2ccccc2)C(N)=O)cc1.CCC(=O)NCc1ccccc1. The Morgan fingerprint density at radius 2 is 1.35 bits per heavy atom. The molecule has 0 aliphatic carbocycles. The third-order valence-electron chi connectivity index (χ3n) is 5.64. The van der Waals surface area contributed by atoms with Crippen molar-refractivity contribution in [2.75, 3.05) is 11.9 Å². The summed E-state index contributed by atoms with van der Waals surface area (Å²) in [7, 11) is 0. The van der Waals surface area contributed by atoms with Gasteiger partial charge in [0, 0.05) is 25.6 Å². The number of rotatable bonds is 12. The molecule has 3 aromatic carbocycles. The van der Waals surface area contributed by atoms with Crippen LogP contribution in [-0.2, 0) is 33.8 Å². The number of hydrogen-bond donors (Lipinski definition) is 4. The highest BCUT2D eigenvalue weighted by molar-refractivity contribution is 5.88. The number of aryl methyl sites for hydroxylation is 1. The van der Waals surface area contributed by atoms with Gasteiger partial charge in [0.05, 0.1) is 6.04 Å². The summed E-state index contributed by atoms with van der Waals surface area (Å²) in [6.45, 7) is 4.63. The second-order valence-corrected chi connectivity index (χ2v) is 8.68. The van der Waals surface area contributed by atoms with E-state index in [-0.39, 0.29) is 23.8 Å². The van der Waals surface area contributed by atoms with Crippen LogP contribution in [0.25, 0.3) is 0 Å². The summed E-state index contributed by atoms with van der Waals surface area (Å²) in [5.74, 6) is -0.312. The van der Waals surface area contributed by atoms with Gasteiger partial charge in [0.15, 0.2) is 0 Å². The Morgan fingerprint density at radius 3 is 1.89 bits per heavy atom. The van der Waals surface area contributed by atoms with E-state index in [1.165, 1.54) is 12.5 Å². The van der Waals surface area contributed by atoms with Crippen LogP contribution < -0.4 is 21.7 Å². The standard InChI is InChI=1S/C20H25N3O2.C10H13NO/c1-15(24)23-18-10-7-17(8-11-18)13-14-22-19(20(21)25)12-9-16-5-3-2-4-6-16;1-2-10(12)11-8-9-6-4-3-5-7-9/h2-8,10-11,19,22H,9,12-14H2,1H3,(H2,21,25)(H,23,24);3-7H,2,8H2,1H3,(H,11,12)/t19-;/m1./s1. The minimum atomic E-state index is -0.334. The van der Waals surface area contributed by atoms with Gasteiger partial charge in [0.1, 0.15) is 0 Å². The molecular weight excluding hydrogens is 464 g/mol. The summed E-state index contributed by atoms with van der Waals surface area (Å²) in [6, 6.07) is 27.3. The number of nitrogens with one attached hydrogen (secondary N) is 3. The average molecular weight is 503 g/mol. The van der Waals surface area contributed by atoms with Crippen molar-refractivity contribution in [3.05, 3.63) is 102 Å². The van der Waals surface area contributed by atoms with Crippen LogP contribution in [0.3, 0.4) is 0 Å². The molecule has 0 aromatic heterocycles. The van der Waals surface area contributed by atoms with Crippen molar-refractivity contribution in [2.45, 2.75) is 52.1 Å². The molecule has 1 atom stereocenters. The van der Waals surface area contributed by atoms with E-state index in [1.807, 2.05) is 79.7 Å². The van der Waals surface area contributed by atoms with Crippen LogP contribution in [0.5, 0.6) is 0 Å². The van der Waals surface area contributed by atoms with Gasteiger partial charge in [0.2, 0.25) is 17.7 Å². The highest BCUT2D eigenvalue weighted by atomic mass is 16.2. The minimum Gasteiger partial charge on any atom is -0.368 e. The number of primary amides is 1. The largest absolute Gasteiger partial charge is 0.368 e. The van der Waals surface area contributed by atoms with E-state index in [0.29, 0.717) is 25.9 Å². The number of carbonyl (C=O) groups excluding carboxylic acids is 3. The highest BCUT2D eigenvalue weighted by Crippen LogP contribution is 2.10. The van der Waals surface area contributed by atoms with E-state index >= 15 is 0 Å². The van der Waals surface area contributed by atoms with Crippen molar-refractivity contribution in [2.24, 2.45) is 5.73 Å². The van der Waals surface area contributed by atoms with Gasteiger partial charge in [-0.3, -0.25) is 14.4 Å². The van der Waals surface area contributed by atoms with Crippen LogP contribution in [0.2, 0.25) is 0 Å². The van der Waals surface area contributed by atoms with Gasteiger partial charge in [-0.15, -0.1) is 0 Å². The van der Waals surface area contributed by atoms with E-state index in [0.717, 1.165) is 29.7 Å². The molecule has 3 aromatic rings. The molecule has 0 heterocycles. The molecule has 0 aliphatic heterocycles. The van der Waals surface area contributed by atoms with Gasteiger partial charge in [-0.25, -0.2) is 0 Å². The maximum Gasteiger partial charge on any atom is 0.234 e. The number of amides is 3. The summed E-state index contributed by atoms with van der Waals surface area (Å²) in [5.41, 5.74) is 9.75. The van der Waals surface area contributed by atoms with Crippen molar-refractivity contribution < 1.29 is 14.4 Å².